The highest BCUT2D eigenvalue weighted by Crippen LogP contribution is 2.30. The number of halogens is 1. The molecule has 0 radical (unpaired) electrons. The second-order valence-electron chi connectivity index (χ2n) is 6.91. The van der Waals surface area contributed by atoms with E-state index in [1.54, 1.807) is 9.80 Å². The summed E-state index contributed by atoms with van der Waals surface area (Å²) in [6, 6.07) is 7.92. The number of amides is 2. The van der Waals surface area contributed by atoms with E-state index >= 15 is 0 Å². The van der Waals surface area contributed by atoms with Crippen LogP contribution >= 0.6 is 27.3 Å². The number of fused-ring (bicyclic) bond motifs is 2. The lowest BCUT2D eigenvalue weighted by atomic mass is 10.0. The smallest absolute Gasteiger partial charge is 0.274 e. The van der Waals surface area contributed by atoms with Crippen molar-refractivity contribution in [3.05, 3.63) is 50.6 Å². The molecular formula is C20H21BrN4O3S. The molecule has 0 bridgehead atoms. The summed E-state index contributed by atoms with van der Waals surface area (Å²) >= 11 is 4.95. The molecule has 1 aliphatic heterocycles. The maximum atomic E-state index is 13.0. The molecule has 1 aliphatic rings. The number of H-pyrrole nitrogens is 1. The van der Waals surface area contributed by atoms with Gasteiger partial charge in [0.25, 0.3) is 11.8 Å². The van der Waals surface area contributed by atoms with Gasteiger partial charge in [0.05, 0.1) is 23.7 Å². The van der Waals surface area contributed by atoms with Crippen molar-refractivity contribution in [3.8, 4) is 0 Å². The van der Waals surface area contributed by atoms with Crippen LogP contribution in [-0.2, 0) is 13.0 Å². The van der Waals surface area contributed by atoms with Gasteiger partial charge in [0, 0.05) is 34.4 Å². The van der Waals surface area contributed by atoms with Gasteiger partial charge in [-0.05, 0) is 36.9 Å². The molecule has 29 heavy (non-hydrogen) atoms. The van der Waals surface area contributed by atoms with Crippen LogP contribution in [0.15, 0.2) is 28.7 Å². The zero-order valence-corrected chi connectivity index (χ0v) is 18.3. The molecule has 2 N–H and O–H groups in total. The number of carbonyl (C=O) groups is 2. The summed E-state index contributed by atoms with van der Waals surface area (Å²) in [5.74, 6) is -0.195. The van der Waals surface area contributed by atoms with Crippen molar-refractivity contribution in [1.82, 2.24) is 20.0 Å². The zero-order chi connectivity index (χ0) is 20.5. The van der Waals surface area contributed by atoms with Crippen LogP contribution in [0.25, 0.3) is 10.1 Å². The van der Waals surface area contributed by atoms with Crippen LogP contribution in [0, 0.1) is 0 Å². The van der Waals surface area contributed by atoms with Gasteiger partial charge in [0.15, 0.2) is 5.69 Å². The molecule has 3 aromatic rings. The molecule has 152 valence electrons. The first kappa shape index (κ1) is 20.1. The summed E-state index contributed by atoms with van der Waals surface area (Å²) in [7, 11) is 0. The highest BCUT2D eigenvalue weighted by molar-refractivity contribution is 9.10. The van der Waals surface area contributed by atoms with Crippen molar-refractivity contribution in [3.63, 3.8) is 0 Å². The van der Waals surface area contributed by atoms with Crippen LogP contribution in [0.1, 0.15) is 38.3 Å². The number of carbonyl (C=O) groups excluding carboxylic acids is 2. The standard InChI is InChI=1S/C20H21BrN4O3S/c1-2-24(7-8-26)20(28)18-14-5-6-25(11-15(14)22-23-18)19(27)17-9-12-3-4-13(21)10-16(12)29-17/h3-4,9-10,26H,2,5-8,11H2,1H3,(H,22,23). The van der Waals surface area contributed by atoms with Crippen molar-refractivity contribution in [1.29, 1.82) is 0 Å². The molecular weight excluding hydrogens is 456 g/mol. The van der Waals surface area contributed by atoms with Crippen LogP contribution in [0.3, 0.4) is 0 Å². The van der Waals surface area contributed by atoms with Crippen molar-refractivity contribution >= 4 is 49.2 Å². The van der Waals surface area contributed by atoms with Gasteiger partial charge in [-0.1, -0.05) is 22.0 Å². The molecule has 0 spiro atoms. The topological polar surface area (TPSA) is 89.5 Å². The molecule has 0 unspecified atom stereocenters. The van der Waals surface area contributed by atoms with E-state index in [0.29, 0.717) is 36.6 Å². The average Bonchev–Trinajstić information content (AvgIpc) is 3.34. The van der Waals surface area contributed by atoms with Gasteiger partial charge in [0.1, 0.15) is 0 Å². The Labute approximate surface area is 180 Å². The number of aliphatic hydroxyl groups is 1. The fraction of sp³-hybridized carbons (Fsp3) is 0.350. The fourth-order valence-corrected chi connectivity index (χ4v) is 5.19. The normalized spacial score (nSPS) is 13.6. The summed E-state index contributed by atoms with van der Waals surface area (Å²) in [5.41, 5.74) is 2.07. The van der Waals surface area contributed by atoms with Crippen molar-refractivity contribution in [2.75, 3.05) is 26.2 Å². The van der Waals surface area contributed by atoms with Gasteiger partial charge in [-0.25, -0.2) is 0 Å². The van der Waals surface area contributed by atoms with Crippen molar-refractivity contribution in [2.24, 2.45) is 0 Å². The molecule has 0 saturated carbocycles. The highest BCUT2D eigenvalue weighted by Gasteiger charge is 2.30. The highest BCUT2D eigenvalue weighted by atomic mass is 79.9. The Hall–Kier alpha value is -2.23. The van der Waals surface area contributed by atoms with E-state index in [1.807, 2.05) is 31.2 Å². The van der Waals surface area contributed by atoms with Crippen LogP contribution in [0.4, 0.5) is 0 Å². The number of likely N-dealkylation sites (N-methyl/N-ethyl adjacent to an activating group) is 1. The molecule has 1 aromatic carbocycles. The maximum Gasteiger partial charge on any atom is 0.274 e. The number of rotatable bonds is 5. The monoisotopic (exact) mass is 476 g/mol. The lowest BCUT2D eigenvalue weighted by Gasteiger charge is -2.27. The van der Waals surface area contributed by atoms with Crippen LogP contribution in [0.5, 0.6) is 0 Å². The van der Waals surface area contributed by atoms with E-state index in [0.717, 1.165) is 25.8 Å². The number of hydrogen-bond donors (Lipinski definition) is 2. The van der Waals surface area contributed by atoms with E-state index in [1.165, 1.54) is 11.3 Å². The van der Waals surface area contributed by atoms with E-state index < -0.39 is 0 Å². The molecule has 0 atom stereocenters. The van der Waals surface area contributed by atoms with Gasteiger partial charge in [-0.2, -0.15) is 5.10 Å². The van der Waals surface area contributed by atoms with Gasteiger partial charge in [-0.3, -0.25) is 14.7 Å². The van der Waals surface area contributed by atoms with Gasteiger partial charge in [0.2, 0.25) is 0 Å². The Bertz CT molecular complexity index is 1080. The summed E-state index contributed by atoms with van der Waals surface area (Å²) in [6.45, 7) is 3.52. The average molecular weight is 477 g/mol. The Balaban J connectivity index is 1.53. The lowest BCUT2D eigenvalue weighted by molar-refractivity contribution is 0.0723. The first-order valence-electron chi connectivity index (χ1n) is 9.46. The molecule has 9 heteroatoms. The Morgan fingerprint density at radius 2 is 2.21 bits per heavy atom. The predicted octanol–water partition coefficient (Wildman–Crippen LogP) is 3.04. The molecule has 2 amide bonds. The van der Waals surface area contributed by atoms with Crippen molar-refractivity contribution < 1.29 is 14.7 Å². The summed E-state index contributed by atoms with van der Waals surface area (Å²) < 4.78 is 2.06. The number of aromatic nitrogens is 2. The minimum absolute atomic E-state index is 0.00841. The third-order valence-electron chi connectivity index (χ3n) is 5.16. The number of nitrogens with zero attached hydrogens (tertiary/aromatic N) is 3. The minimum Gasteiger partial charge on any atom is -0.395 e. The third-order valence-corrected chi connectivity index (χ3v) is 6.73. The second-order valence-corrected chi connectivity index (χ2v) is 8.91. The molecule has 0 saturated heterocycles. The number of thiophene rings is 1. The van der Waals surface area contributed by atoms with Gasteiger partial charge < -0.3 is 14.9 Å². The van der Waals surface area contributed by atoms with E-state index in [4.69, 9.17) is 5.11 Å². The Morgan fingerprint density at radius 3 is 2.97 bits per heavy atom. The predicted molar refractivity (Wildman–Crippen MR) is 115 cm³/mol. The zero-order valence-electron chi connectivity index (χ0n) is 15.9. The van der Waals surface area contributed by atoms with Crippen molar-refractivity contribution in [2.45, 2.75) is 19.9 Å². The van der Waals surface area contributed by atoms with E-state index in [-0.39, 0.29) is 25.0 Å². The van der Waals surface area contributed by atoms with Crippen LogP contribution < -0.4 is 0 Å². The molecule has 0 fully saturated rings. The van der Waals surface area contributed by atoms with Gasteiger partial charge in [-0.15, -0.1) is 11.3 Å². The maximum absolute atomic E-state index is 13.0. The lowest BCUT2D eigenvalue weighted by Crippen LogP contribution is -2.37. The van der Waals surface area contributed by atoms with Gasteiger partial charge >= 0.3 is 0 Å². The van der Waals surface area contributed by atoms with E-state index in [2.05, 4.69) is 26.1 Å². The SMILES string of the molecule is CCN(CCO)C(=O)c1n[nH]c2c1CCN(C(=O)c1cc3ccc(Br)cc3s1)C2. The first-order chi connectivity index (χ1) is 14.0. The number of aliphatic hydroxyl groups excluding tert-OH is 1. The minimum atomic E-state index is -0.186. The summed E-state index contributed by atoms with van der Waals surface area (Å²) in [5, 5.41) is 17.4. The Morgan fingerprint density at radius 1 is 1.38 bits per heavy atom. The number of aromatic amines is 1. The fourth-order valence-electron chi connectivity index (χ4n) is 3.61. The first-order valence-corrected chi connectivity index (χ1v) is 11.1. The van der Waals surface area contributed by atoms with Crippen LogP contribution in [-0.4, -0.2) is 63.2 Å². The number of nitrogens with one attached hydrogen (secondary N) is 1. The molecule has 4 rings (SSSR count). The molecule has 2 aromatic heterocycles. The quantitative estimate of drug-likeness (QED) is 0.591. The number of hydrogen-bond acceptors (Lipinski definition) is 5. The second kappa shape index (κ2) is 8.25. The molecule has 3 heterocycles. The summed E-state index contributed by atoms with van der Waals surface area (Å²) in [6.07, 6.45) is 0.575. The van der Waals surface area contributed by atoms with Crippen LogP contribution in [0.2, 0.25) is 0 Å². The third kappa shape index (κ3) is 3.82. The summed E-state index contributed by atoms with van der Waals surface area (Å²) in [4.78, 5) is 29.8. The number of benzene rings is 1. The Kier molecular flexibility index (Phi) is 5.71. The molecule has 7 nitrogen and oxygen atoms in total. The molecule has 0 aliphatic carbocycles. The largest absolute Gasteiger partial charge is 0.395 e. The van der Waals surface area contributed by atoms with E-state index in [9.17, 15) is 9.59 Å².